The average Bonchev–Trinajstić information content (AvgIpc) is 3.38. The molecule has 0 atom stereocenters. The molecule has 0 spiro atoms. The van der Waals surface area contributed by atoms with Crippen molar-refractivity contribution in [3.05, 3.63) is 53.6 Å². The minimum atomic E-state index is 0.330. The number of hydrogen-bond donors (Lipinski definition) is 0. The molecule has 2 heterocycles. The molecule has 5 rings (SSSR count). The van der Waals surface area contributed by atoms with E-state index in [4.69, 9.17) is 50.1 Å². The van der Waals surface area contributed by atoms with Gasteiger partial charge in [-0.25, -0.2) is 9.67 Å². The van der Waals surface area contributed by atoms with Crippen molar-refractivity contribution in [2.45, 2.75) is 0 Å². The van der Waals surface area contributed by atoms with E-state index in [0.717, 1.165) is 5.69 Å². The molecule has 5 aromatic rings. The number of rotatable bonds is 9. The van der Waals surface area contributed by atoms with Gasteiger partial charge in [-0.1, -0.05) is 11.6 Å². The molecule has 0 unspecified atom stereocenters. The Hall–Kier alpha value is -4.77. The Morgan fingerprint density at radius 3 is 1.60 bits per heavy atom. The van der Waals surface area contributed by atoms with Crippen molar-refractivity contribution in [2.75, 3.05) is 42.7 Å². The Balaban J connectivity index is 1.78. The monoisotopic (exact) mass is 563 g/mol. The molecule has 3 aromatic carbocycles. The number of fused-ring (bicyclic) bond motifs is 1. The summed E-state index contributed by atoms with van der Waals surface area (Å²) >= 11 is 6.13. The number of benzene rings is 3. The van der Waals surface area contributed by atoms with E-state index in [1.165, 1.54) is 0 Å². The minimum absolute atomic E-state index is 0.330. The number of halogens is 1. The van der Waals surface area contributed by atoms with Crippen LogP contribution in [0, 0.1) is 0 Å². The van der Waals surface area contributed by atoms with Crippen molar-refractivity contribution in [3.8, 4) is 62.8 Å². The fourth-order valence-electron chi connectivity index (χ4n) is 4.32. The second-order valence-electron chi connectivity index (χ2n) is 8.37. The highest BCUT2D eigenvalue weighted by Gasteiger charge is 2.23. The van der Waals surface area contributed by atoms with E-state index in [2.05, 4.69) is 10.2 Å². The topological polar surface area (TPSA) is 112 Å². The van der Waals surface area contributed by atoms with Crippen LogP contribution in [0.1, 0.15) is 0 Å². The van der Waals surface area contributed by atoms with Gasteiger partial charge in [0.05, 0.1) is 48.3 Å². The summed E-state index contributed by atoms with van der Waals surface area (Å²) in [5.74, 6) is 3.11. The van der Waals surface area contributed by atoms with Crippen LogP contribution in [0.2, 0.25) is 5.02 Å². The molecular formula is C28H26ClN5O6. The van der Waals surface area contributed by atoms with E-state index < -0.39 is 0 Å². The van der Waals surface area contributed by atoms with Gasteiger partial charge >= 0.3 is 0 Å². The fraction of sp³-hybridized carbons (Fsp3) is 0.214. The van der Waals surface area contributed by atoms with E-state index >= 15 is 0 Å². The van der Waals surface area contributed by atoms with Crippen LogP contribution in [0.3, 0.4) is 0 Å². The smallest absolute Gasteiger partial charge is 0.204 e. The normalized spacial score (nSPS) is 10.9. The van der Waals surface area contributed by atoms with E-state index in [9.17, 15) is 0 Å². The van der Waals surface area contributed by atoms with Crippen molar-refractivity contribution in [1.29, 1.82) is 0 Å². The number of methoxy groups -OCH3 is 6. The third-order valence-corrected chi connectivity index (χ3v) is 6.48. The summed E-state index contributed by atoms with van der Waals surface area (Å²) in [6, 6.07) is 14.3. The number of ether oxygens (including phenoxy) is 6. The zero-order valence-corrected chi connectivity index (χ0v) is 23.4. The van der Waals surface area contributed by atoms with Crippen LogP contribution in [0.25, 0.3) is 39.5 Å². The quantitative estimate of drug-likeness (QED) is 0.236. The first-order valence-corrected chi connectivity index (χ1v) is 12.3. The highest BCUT2D eigenvalue weighted by Crippen LogP contribution is 2.43. The molecule has 0 amide bonds. The lowest BCUT2D eigenvalue weighted by atomic mass is 10.1. The Morgan fingerprint density at radius 1 is 0.625 bits per heavy atom. The molecule has 11 nitrogen and oxygen atoms in total. The molecule has 0 fully saturated rings. The molecule has 206 valence electrons. The third-order valence-electron chi connectivity index (χ3n) is 6.23. The maximum atomic E-state index is 6.13. The molecule has 0 aliphatic rings. The molecule has 0 aliphatic heterocycles. The van der Waals surface area contributed by atoms with Crippen molar-refractivity contribution in [3.63, 3.8) is 0 Å². The van der Waals surface area contributed by atoms with Gasteiger partial charge in [0.2, 0.25) is 17.1 Å². The second-order valence-corrected chi connectivity index (χ2v) is 8.81. The molecule has 12 heteroatoms. The number of aromatic nitrogens is 5. The van der Waals surface area contributed by atoms with Crippen LogP contribution in [-0.2, 0) is 0 Å². The molecule has 40 heavy (non-hydrogen) atoms. The first-order chi connectivity index (χ1) is 19.5. The lowest BCUT2D eigenvalue weighted by Crippen LogP contribution is -2.01. The summed E-state index contributed by atoms with van der Waals surface area (Å²) in [7, 11) is 9.28. The zero-order chi connectivity index (χ0) is 28.4. The van der Waals surface area contributed by atoms with Gasteiger partial charge in [-0.15, -0.1) is 10.2 Å². The van der Waals surface area contributed by atoms with Crippen LogP contribution in [0.15, 0.2) is 48.5 Å². The minimum Gasteiger partial charge on any atom is -0.493 e. The highest BCUT2D eigenvalue weighted by molar-refractivity contribution is 6.30. The van der Waals surface area contributed by atoms with E-state index in [1.807, 2.05) is 12.1 Å². The Labute approximate surface area is 235 Å². The first-order valence-electron chi connectivity index (χ1n) is 12.0. The van der Waals surface area contributed by atoms with E-state index in [1.54, 1.807) is 83.7 Å². The van der Waals surface area contributed by atoms with Gasteiger partial charge in [0.25, 0.3) is 0 Å². The predicted molar refractivity (Wildman–Crippen MR) is 150 cm³/mol. The summed E-state index contributed by atoms with van der Waals surface area (Å²) in [6.07, 6.45) is 0. The highest BCUT2D eigenvalue weighted by atomic mass is 35.5. The lowest BCUT2D eigenvalue weighted by molar-refractivity contribution is 0.324. The molecule has 0 bridgehead atoms. The van der Waals surface area contributed by atoms with Crippen LogP contribution < -0.4 is 28.4 Å². The Bertz CT molecular complexity index is 1640. The number of nitrogens with zero attached hydrogens (tertiary/aromatic N) is 5. The standard InChI is InChI=1S/C28H26ClN5O6/c1-35-19-11-15(12-20(36-2)25(19)39-5)23-24-28(34(33-23)18-9-7-17(29)8-10-18)32-31-27(30-24)16-13-21(37-3)26(40-6)22(14-16)38-4/h7-14H,1-6H3. The average molecular weight is 564 g/mol. The van der Waals surface area contributed by atoms with Gasteiger partial charge in [0.1, 0.15) is 11.2 Å². The summed E-state index contributed by atoms with van der Waals surface area (Å²) in [6.45, 7) is 0. The third kappa shape index (κ3) is 4.64. The largest absolute Gasteiger partial charge is 0.493 e. The van der Waals surface area contributed by atoms with Crippen LogP contribution >= 0.6 is 11.6 Å². The summed E-state index contributed by atoms with van der Waals surface area (Å²) in [4.78, 5) is 4.90. The van der Waals surface area contributed by atoms with Crippen LogP contribution in [0.5, 0.6) is 34.5 Å². The van der Waals surface area contributed by atoms with Gasteiger partial charge in [-0.05, 0) is 48.5 Å². The Morgan fingerprint density at radius 2 is 1.12 bits per heavy atom. The van der Waals surface area contributed by atoms with Crippen molar-refractivity contribution >= 4 is 22.8 Å². The van der Waals surface area contributed by atoms with Crippen molar-refractivity contribution in [1.82, 2.24) is 25.0 Å². The predicted octanol–water partition coefficient (Wildman–Crippen LogP) is 5.25. The second kappa shape index (κ2) is 11.1. The Kier molecular flexibility index (Phi) is 7.47. The summed E-state index contributed by atoms with van der Waals surface area (Å²) < 4.78 is 34.8. The molecule has 2 aromatic heterocycles. The van der Waals surface area contributed by atoms with Gasteiger partial charge in [0.15, 0.2) is 28.8 Å². The first kappa shape index (κ1) is 26.8. The van der Waals surface area contributed by atoms with Gasteiger partial charge in [-0.3, -0.25) is 0 Å². The summed E-state index contributed by atoms with van der Waals surface area (Å²) in [5, 5.41) is 14.4. The van der Waals surface area contributed by atoms with Gasteiger partial charge in [0, 0.05) is 16.1 Å². The van der Waals surface area contributed by atoms with Crippen molar-refractivity contribution < 1.29 is 28.4 Å². The molecule has 0 saturated carbocycles. The SMILES string of the molecule is COc1cc(-c2nnc3c(n2)c(-c2cc(OC)c(OC)c(OC)c2)nn3-c2ccc(Cl)cc2)cc(OC)c1OC. The fourth-order valence-corrected chi connectivity index (χ4v) is 4.45. The van der Waals surface area contributed by atoms with Crippen LogP contribution in [-0.4, -0.2) is 67.6 Å². The lowest BCUT2D eigenvalue weighted by Gasteiger charge is -2.14. The van der Waals surface area contributed by atoms with E-state index in [0.29, 0.717) is 73.3 Å². The molecule has 0 aliphatic carbocycles. The van der Waals surface area contributed by atoms with Crippen molar-refractivity contribution in [2.24, 2.45) is 0 Å². The molecule has 0 N–H and O–H groups in total. The van der Waals surface area contributed by atoms with Gasteiger partial charge < -0.3 is 28.4 Å². The summed E-state index contributed by atoms with van der Waals surface area (Å²) in [5.41, 5.74) is 3.45. The maximum absolute atomic E-state index is 6.13. The molecular weight excluding hydrogens is 538 g/mol. The van der Waals surface area contributed by atoms with Gasteiger partial charge in [-0.2, -0.15) is 5.10 Å². The molecule has 0 radical (unpaired) electrons. The van der Waals surface area contributed by atoms with Crippen LogP contribution in [0.4, 0.5) is 0 Å². The molecule has 0 saturated heterocycles. The number of hydrogen-bond acceptors (Lipinski definition) is 10. The maximum Gasteiger partial charge on any atom is 0.204 e. The zero-order valence-electron chi connectivity index (χ0n) is 22.7. The van der Waals surface area contributed by atoms with E-state index in [-0.39, 0.29) is 0 Å².